The van der Waals surface area contributed by atoms with Crippen molar-refractivity contribution in [3.05, 3.63) is 77.8 Å². The first-order valence-corrected chi connectivity index (χ1v) is 9.45. The highest BCUT2D eigenvalue weighted by Crippen LogP contribution is 2.23. The number of fused-ring (bicyclic) bond motifs is 1. The fourth-order valence-corrected chi connectivity index (χ4v) is 3.32. The SMILES string of the molecule is CC(C)c1c(C(=O)NCCc2nnc3ccccn23)cnn1-c1ccc(F)cc1. The van der Waals surface area contributed by atoms with Gasteiger partial charge in [-0.05, 0) is 42.3 Å². The van der Waals surface area contributed by atoms with Crippen LogP contribution in [0.5, 0.6) is 0 Å². The zero-order valence-corrected chi connectivity index (χ0v) is 16.2. The molecular weight excluding hydrogens is 371 g/mol. The highest BCUT2D eigenvalue weighted by molar-refractivity contribution is 5.95. The number of amides is 1. The second-order valence-corrected chi connectivity index (χ2v) is 7.04. The van der Waals surface area contributed by atoms with E-state index >= 15 is 0 Å². The van der Waals surface area contributed by atoms with Crippen LogP contribution in [0.2, 0.25) is 0 Å². The lowest BCUT2D eigenvalue weighted by atomic mass is 10.0. The lowest BCUT2D eigenvalue weighted by Gasteiger charge is -2.13. The maximum atomic E-state index is 13.2. The third-order valence-corrected chi connectivity index (χ3v) is 4.69. The average Bonchev–Trinajstić information content (AvgIpc) is 3.33. The van der Waals surface area contributed by atoms with Crippen molar-refractivity contribution in [1.29, 1.82) is 0 Å². The van der Waals surface area contributed by atoms with Gasteiger partial charge >= 0.3 is 0 Å². The number of rotatable bonds is 6. The Hall–Kier alpha value is -3.55. The van der Waals surface area contributed by atoms with Crippen molar-refractivity contribution in [2.24, 2.45) is 0 Å². The van der Waals surface area contributed by atoms with Crippen molar-refractivity contribution in [2.45, 2.75) is 26.2 Å². The van der Waals surface area contributed by atoms with Crippen LogP contribution >= 0.6 is 0 Å². The Morgan fingerprint density at radius 3 is 2.69 bits per heavy atom. The Kier molecular flexibility index (Phi) is 5.07. The molecule has 4 aromatic rings. The molecule has 0 spiro atoms. The van der Waals surface area contributed by atoms with Crippen molar-refractivity contribution in [3.63, 3.8) is 0 Å². The molecule has 0 saturated heterocycles. The molecule has 1 N–H and O–H groups in total. The molecule has 1 amide bonds. The van der Waals surface area contributed by atoms with Gasteiger partial charge in [-0.25, -0.2) is 9.07 Å². The Labute approximate surface area is 167 Å². The molecule has 148 valence electrons. The van der Waals surface area contributed by atoms with E-state index in [9.17, 15) is 9.18 Å². The fraction of sp³-hybridized carbons (Fsp3) is 0.238. The second kappa shape index (κ2) is 7.83. The molecule has 3 aromatic heterocycles. The molecule has 8 heteroatoms. The predicted molar refractivity (Wildman–Crippen MR) is 107 cm³/mol. The molecule has 0 unspecified atom stereocenters. The summed E-state index contributed by atoms with van der Waals surface area (Å²) in [4.78, 5) is 12.8. The van der Waals surface area contributed by atoms with Crippen LogP contribution in [-0.4, -0.2) is 36.8 Å². The number of carbonyl (C=O) groups excluding carboxylic acids is 1. The molecule has 0 aliphatic carbocycles. The molecule has 0 aliphatic heterocycles. The minimum Gasteiger partial charge on any atom is -0.351 e. The normalized spacial score (nSPS) is 11.3. The lowest BCUT2D eigenvalue weighted by molar-refractivity contribution is 0.0952. The van der Waals surface area contributed by atoms with E-state index in [1.165, 1.54) is 12.1 Å². The van der Waals surface area contributed by atoms with E-state index < -0.39 is 0 Å². The molecule has 7 nitrogen and oxygen atoms in total. The highest BCUT2D eigenvalue weighted by Gasteiger charge is 2.21. The number of hydrogen-bond donors (Lipinski definition) is 1. The summed E-state index contributed by atoms with van der Waals surface area (Å²) in [5.41, 5.74) is 2.78. The monoisotopic (exact) mass is 392 g/mol. The fourth-order valence-electron chi connectivity index (χ4n) is 3.32. The summed E-state index contributed by atoms with van der Waals surface area (Å²) in [6.07, 6.45) is 4.01. The van der Waals surface area contributed by atoms with Gasteiger partial charge in [-0.2, -0.15) is 5.10 Å². The summed E-state index contributed by atoms with van der Waals surface area (Å²) < 4.78 is 16.8. The number of pyridine rings is 1. The largest absolute Gasteiger partial charge is 0.351 e. The number of carbonyl (C=O) groups is 1. The molecule has 4 rings (SSSR count). The molecule has 0 aliphatic rings. The summed E-state index contributed by atoms with van der Waals surface area (Å²) >= 11 is 0. The van der Waals surface area contributed by atoms with E-state index in [1.54, 1.807) is 23.0 Å². The molecule has 3 heterocycles. The van der Waals surface area contributed by atoms with Crippen molar-refractivity contribution in [1.82, 2.24) is 29.7 Å². The van der Waals surface area contributed by atoms with Crippen molar-refractivity contribution >= 4 is 11.6 Å². The van der Waals surface area contributed by atoms with Crippen LogP contribution in [0.3, 0.4) is 0 Å². The van der Waals surface area contributed by atoms with Crippen molar-refractivity contribution < 1.29 is 9.18 Å². The van der Waals surface area contributed by atoms with Gasteiger partial charge < -0.3 is 5.32 Å². The first-order valence-electron chi connectivity index (χ1n) is 9.45. The summed E-state index contributed by atoms with van der Waals surface area (Å²) in [6.45, 7) is 4.42. The van der Waals surface area contributed by atoms with E-state index in [1.807, 2.05) is 42.6 Å². The minimum absolute atomic E-state index is 0.0590. The van der Waals surface area contributed by atoms with Crippen LogP contribution in [0.15, 0.2) is 54.9 Å². The van der Waals surface area contributed by atoms with E-state index in [0.717, 1.165) is 17.2 Å². The topological polar surface area (TPSA) is 77.1 Å². The minimum atomic E-state index is -0.314. The smallest absolute Gasteiger partial charge is 0.254 e. The number of nitrogens with zero attached hydrogens (tertiary/aromatic N) is 5. The summed E-state index contributed by atoms with van der Waals surface area (Å²) in [7, 11) is 0. The van der Waals surface area contributed by atoms with Crippen LogP contribution in [0.1, 0.15) is 41.6 Å². The molecule has 0 radical (unpaired) electrons. The van der Waals surface area contributed by atoms with Gasteiger partial charge in [0.05, 0.1) is 23.1 Å². The van der Waals surface area contributed by atoms with Crippen LogP contribution < -0.4 is 5.32 Å². The molecular formula is C21H21FN6O. The molecule has 0 fully saturated rings. The number of hydrogen-bond acceptors (Lipinski definition) is 4. The average molecular weight is 392 g/mol. The van der Waals surface area contributed by atoms with Crippen LogP contribution in [0.25, 0.3) is 11.3 Å². The highest BCUT2D eigenvalue weighted by atomic mass is 19.1. The Morgan fingerprint density at radius 2 is 1.93 bits per heavy atom. The van der Waals surface area contributed by atoms with Crippen molar-refractivity contribution in [3.8, 4) is 5.69 Å². The van der Waals surface area contributed by atoms with Gasteiger partial charge in [0.25, 0.3) is 5.91 Å². The molecule has 0 atom stereocenters. The molecule has 29 heavy (non-hydrogen) atoms. The summed E-state index contributed by atoms with van der Waals surface area (Å²) in [5, 5.41) is 15.6. The number of benzene rings is 1. The van der Waals surface area contributed by atoms with Gasteiger partial charge in [0.1, 0.15) is 11.6 Å². The van der Waals surface area contributed by atoms with E-state index in [2.05, 4.69) is 20.6 Å². The van der Waals surface area contributed by atoms with E-state index in [0.29, 0.717) is 24.2 Å². The van der Waals surface area contributed by atoms with Crippen molar-refractivity contribution in [2.75, 3.05) is 6.54 Å². The zero-order valence-electron chi connectivity index (χ0n) is 16.2. The molecule has 0 saturated carbocycles. The van der Waals surface area contributed by atoms with Crippen LogP contribution in [-0.2, 0) is 6.42 Å². The Morgan fingerprint density at radius 1 is 1.14 bits per heavy atom. The quantitative estimate of drug-likeness (QED) is 0.547. The maximum absolute atomic E-state index is 13.2. The van der Waals surface area contributed by atoms with Gasteiger partial charge in [-0.1, -0.05) is 19.9 Å². The zero-order chi connectivity index (χ0) is 20.4. The summed E-state index contributed by atoms with van der Waals surface area (Å²) in [6, 6.07) is 11.7. The van der Waals surface area contributed by atoms with Gasteiger partial charge in [0.2, 0.25) is 0 Å². The van der Waals surface area contributed by atoms with E-state index in [-0.39, 0.29) is 17.6 Å². The van der Waals surface area contributed by atoms with Gasteiger partial charge in [-0.3, -0.25) is 9.20 Å². The van der Waals surface area contributed by atoms with Crippen LogP contribution in [0, 0.1) is 5.82 Å². The van der Waals surface area contributed by atoms with Crippen LogP contribution in [0.4, 0.5) is 4.39 Å². The number of halogens is 1. The third kappa shape index (κ3) is 3.73. The predicted octanol–water partition coefficient (Wildman–Crippen LogP) is 3.15. The standard InChI is InChI=1S/C21H21FN6O/c1-14(2)20-17(13-24-28(20)16-8-6-15(22)7-9-16)21(29)23-11-10-19-26-25-18-5-3-4-12-27(18)19/h3-9,12-14H,10-11H2,1-2H3,(H,23,29). The van der Waals surface area contributed by atoms with Gasteiger partial charge in [0.15, 0.2) is 5.65 Å². The lowest BCUT2D eigenvalue weighted by Crippen LogP contribution is -2.27. The summed E-state index contributed by atoms with van der Waals surface area (Å²) in [5.74, 6) is 0.331. The van der Waals surface area contributed by atoms with Gasteiger partial charge in [-0.15, -0.1) is 10.2 Å². The first-order chi connectivity index (χ1) is 14.0. The Balaban J connectivity index is 1.50. The Bertz CT molecular complexity index is 1150. The molecule has 0 bridgehead atoms. The number of nitrogens with one attached hydrogen (secondary N) is 1. The molecule has 1 aromatic carbocycles. The number of aromatic nitrogens is 5. The van der Waals surface area contributed by atoms with E-state index in [4.69, 9.17) is 0 Å². The first kappa shape index (κ1) is 18.8. The maximum Gasteiger partial charge on any atom is 0.254 e. The second-order valence-electron chi connectivity index (χ2n) is 7.04. The van der Waals surface area contributed by atoms with Gasteiger partial charge in [0, 0.05) is 19.2 Å². The third-order valence-electron chi connectivity index (χ3n) is 4.69.